The number of carbonyl (C=O) groups excluding carboxylic acids is 1. The highest BCUT2D eigenvalue weighted by atomic mass is 32.2. The van der Waals surface area contributed by atoms with Crippen LogP contribution >= 0.6 is 11.8 Å². The van der Waals surface area contributed by atoms with Gasteiger partial charge in [-0.25, -0.2) is 4.79 Å². The Hall–Kier alpha value is -0.710. The summed E-state index contributed by atoms with van der Waals surface area (Å²) in [5, 5.41) is 3.45. The minimum Gasteiger partial charge on any atom is -0.353 e. The molecule has 0 aromatic rings. The van der Waals surface area contributed by atoms with Gasteiger partial charge in [0.25, 0.3) is 0 Å². The first-order valence-electron chi connectivity index (χ1n) is 3.94. The molecule has 1 aliphatic heterocycles. The van der Waals surface area contributed by atoms with Gasteiger partial charge in [-0.2, -0.15) is 4.99 Å². The summed E-state index contributed by atoms with van der Waals surface area (Å²) in [4.78, 5) is 16.9. The van der Waals surface area contributed by atoms with Gasteiger partial charge in [0, 0.05) is 25.9 Å². The Morgan fingerprint density at radius 1 is 1.83 bits per heavy atom. The van der Waals surface area contributed by atoms with E-state index in [4.69, 9.17) is 0 Å². The third kappa shape index (κ3) is 2.41. The Labute approximate surface area is 76.4 Å². The predicted octanol–water partition coefficient (Wildman–Crippen LogP) is 0.751. The van der Waals surface area contributed by atoms with E-state index in [9.17, 15) is 4.79 Å². The van der Waals surface area contributed by atoms with Crippen molar-refractivity contribution in [3.05, 3.63) is 0 Å². The van der Waals surface area contributed by atoms with E-state index in [-0.39, 0.29) is 6.03 Å². The van der Waals surface area contributed by atoms with Crippen LogP contribution < -0.4 is 5.32 Å². The molecule has 1 N–H and O–H groups in total. The molecule has 1 rings (SSSR count). The summed E-state index contributed by atoms with van der Waals surface area (Å²) >= 11 is 1.62. The Morgan fingerprint density at radius 3 is 3.08 bits per heavy atom. The van der Waals surface area contributed by atoms with E-state index < -0.39 is 0 Å². The number of amides is 2. The van der Waals surface area contributed by atoms with Crippen LogP contribution in [0.2, 0.25) is 0 Å². The van der Waals surface area contributed by atoms with Crippen LogP contribution in [0.25, 0.3) is 0 Å². The minimum atomic E-state index is -0.242. The molecule has 0 unspecified atom stereocenters. The molecule has 0 spiro atoms. The summed E-state index contributed by atoms with van der Waals surface area (Å²) in [6.45, 7) is 3.48. The second kappa shape index (κ2) is 4.35. The molecule has 1 fully saturated rings. The number of hydrogen-bond donors (Lipinski definition) is 1. The number of nitrogens with one attached hydrogen (secondary N) is 1. The second-order valence-electron chi connectivity index (χ2n) is 2.50. The minimum absolute atomic E-state index is 0.242. The van der Waals surface area contributed by atoms with Gasteiger partial charge in [-0.15, -0.1) is 0 Å². The van der Waals surface area contributed by atoms with Crippen molar-refractivity contribution in [1.82, 2.24) is 10.2 Å². The Kier molecular flexibility index (Phi) is 3.40. The molecule has 0 aromatic carbocycles. The topological polar surface area (TPSA) is 44.7 Å². The molecule has 1 heterocycles. The van der Waals surface area contributed by atoms with Gasteiger partial charge in [-0.3, -0.25) is 0 Å². The smallest absolute Gasteiger partial charge is 0.343 e. The lowest BCUT2D eigenvalue weighted by Crippen LogP contribution is -2.24. The summed E-state index contributed by atoms with van der Waals surface area (Å²) in [6, 6.07) is -0.242. The number of rotatable bonds is 1. The molecule has 0 atom stereocenters. The first kappa shape index (κ1) is 9.38. The van der Waals surface area contributed by atoms with Crippen molar-refractivity contribution >= 4 is 23.0 Å². The van der Waals surface area contributed by atoms with Gasteiger partial charge in [-0.1, -0.05) is 11.8 Å². The summed E-state index contributed by atoms with van der Waals surface area (Å²) < 4.78 is 0. The van der Waals surface area contributed by atoms with Crippen molar-refractivity contribution in [2.45, 2.75) is 6.92 Å². The van der Waals surface area contributed by atoms with Gasteiger partial charge in [0.1, 0.15) is 0 Å². The van der Waals surface area contributed by atoms with Crippen molar-refractivity contribution in [2.24, 2.45) is 4.99 Å². The molecule has 1 aliphatic rings. The maximum absolute atomic E-state index is 11.0. The number of aliphatic imine (C=N–C) groups is 1. The van der Waals surface area contributed by atoms with E-state index in [1.165, 1.54) is 0 Å². The van der Waals surface area contributed by atoms with Gasteiger partial charge < -0.3 is 10.2 Å². The molecule has 2 amide bonds. The van der Waals surface area contributed by atoms with Gasteiger partial charge in [-0.05, 0) is 6.92 Å². The van der Waals surface area contributed by atoms with Gasteiger partial charge in [0.15, 0.2) is 5.17 Å². The monoisotopic (exact) mass is 187 g/mol. The van der Waals surface area contributed by atoms with Crippen molar-refractivity contribution < 1.29 is 4.79 Å². The summed E-state index contributed by atoms with van der Waals surface area (Å²) in [7, 11) is 1.94. The normalized spacial score (nSPS) is 20.2. The second-order valence-corrected chi connectivity index (χ2v) is 3.56. The highest BCUT2D eigenvalue weighted by Crippen LogP contribution is 2.15. The zero-order valence-corrected chi connectivity index (χ0v) is 8.15. The lowest BCUT2D eigenvalue weighted by atomic mass is 10.7. The average Bonchev–Trinajstić information content (AvgIpc) is 2.37. The van der Waals surface area contributed by atoms with Crippen LogP contribution in [0.1, 0.15) is 6.92 Å². The molecule has 0 aromatic heterocycles. The third-order valence-corrected chi connectivity index (χ3v) is 2.56. The van der Waals surface area contributed by atoms with E-state index >= 15 is 0 Å². The fourth-order valence-corrected chi connectivity index (χ4v) is 1.88. The summed E-state index contributed by atoms with van der Waals surface area (Å²) in [6.07, 6.45) is 0. The number of carbonyl (C=O) groups is 1. The zero-order valence-electron chi connectivity index (χ0n) is 7.33. The molecule has 4 nitrogen and oxygen atoms in total. The zero-order chi connectivity index (χ0) is 8.97. The van der Waals surface area contributed by atoms with E-state index in [1.54, 1.807) is 11.8 Å². The first-order chi connectivity index (χ1) is 5.74. The maximum Gasteiger partial charge on any atom is 0.343 e. The fourth-order valence-electron chi connectivity index (χ4n) is 0.875. The molecule has 0 radical (unpaired) electrons. The number of thioether (sulfide) groups is 1. The predicted molar refractivity (Wildman–Crippen MR) is 51.6 cm³/mol. The lowest BCUT2D eigenvalue weighted by molar-refractivity contribution is 0.249. The molecule has 5 heteroatoms. The van der Waals surface area contributed by atoms with E-state index in [2.05, 4.69) is 10.3 Å². The fraction of sp³-hybridized carbons (Fsp3) is 0.714. The standard InChI is InChI=1S/C7H13N3OS/c1-3-8-6(11)9-7-10(2)4-5-12-7/h3-5H2,1-2H3,(H,8,11)/b9-7+. The highest BCUT2D eigenvalue weighted by molar-refractivity contribution is 8.14. The van der Waals surface area contributed by atoms with Crippen LogP contribution in [-0.2, 0) is 0 Å². The summed E-state index contributed by atoms with van der Waals surface area (Å²) in [5.41, 5.74) is 0. The molecule has 12 heavy (non-hydrogen) atoms. The Bertz CT molecular complexity index is 205. The largest absolute Gasteiger partial charge is 0.353 e. The summed E-state index contributed by atoms with van der Waals surface area (Å²) in [5.74, 6) is 1.02. The third-order valence-electron chi connectivity index (χ3n) is 1.51. The number of nitrogens with zero attached hydrogens (tertiary/aromatic N) is 2. The molecule has 1 saturated heterocycles. The Balaban J connectivity index is 2.49. The molecule has 0 bridgehead atoms. The number of hydrogen-bond acceptors (Lipinski definition) is 2. The molecular formula is C7H13N3OS. The Morgan fingerprint density at radius 2 is 2.58 bits per heavy atom. The first-order valence-corrected chi connectivity index (χ1v) is 4.93. The van der Waals surface area contributed by atoms with Crippen molar-refractivity contribution in [3.63, 3.8) is 0 Å². The van der Waals surface area contributed by atoms with Crippen LogP contribution in [0.4, 0.5) is 4.79 Å². The number of urea groups is 1. The number of amidine groups is 1. The van der Waals surface area contributed by atoms with Crippen molar-refractivity contribution in [3.8, 4) is 0 Å². The molecule has 68 valence electrons. The van der Waals surface area contributed by atoms with Gasteiger partial charge in [0.05, 0.1) is 0 Å². The lowest BCUT2D eigenvalue weighted by Gasteiger charge is -2.08. The van der Waals surface area contributed by atoms with Crippen LogP contribution in [0, 0.1) is 0 Å². The van der Waals surface area contributed by atoms with E-state index in [1.807, 2.05) is 18.9 Å². The molecular weight excluding hydrogens is 174 g/mol. The van der Waals surface area contributed by atoms with Crippen LogP contribution in [0.15, 0.2) is 4.99 Å². The van der Waals surface area contributed by atoms with Crippen LogP contribution in [-0.4, -0.2) is 42.0 Å². The van der Waals surface area contributed by atoms with Crippen molar-refractivity contribution in [2.75, 3.05) is 25.9 Å². The van der Waals surface area contributed by atoms with Crippen LogP contribution in [0.5, 0.6) is 0 Å². The molecule has 0 saturated carbocycles. The van der Waals surface area contributed by atoms with E-state index in [0.29, 0.717) is 6.54 Å². The van der Waals surface area contributed by atoms with E-state index in [0.717, 1.165) is 17.5 Å². The maximum atomic E-state index is 11.0. The van der Waals surface area contributed by atoms with Crippen LogP contribution in [0.3, 0.4) is 0 Å². The highest BCUT2D eigenvalue weighted by Gasteiger charge is 2.15. The van der Waals surface area contributed by atoms with Gasteiger partial charge in [0.2, 0.25) is 0 Å². The quantitative estimate of drug-likeness (QED) is 0.659. The molecule has 0 aliphatic carbocycles. The average molecular weight is 187 g/mol. The van der Waals surface area contributed by atoms with Crippen molar-refractivity contribution in [1.29, 1.82) is 0 Å². The SMILES string of the molecule is CCNC(=O)/N=C1/SCCN1C. The van der Waals surface area contributed by atoms with Gasteiger partial charge >= 0.3 is 6.03 Å².